The molecule has 13 heteroatoms. The van der Waals surface area contributed by atoms with Crippen LogP contribution < -0.4 is 16.2 Å². The third kappa shape index (κ3) is 9.06. The van der Waals surface area contributed by atoms with E-state index in [-0.39, 0.29) is 12.3 Å². The Morgan fingerprint density at radius 3 is 2.20 bits per heavy atom. The molecule has 1 aromatic heterocycles. The molecule has 0 bridgehead atoms. The summed E-state index contributed by atoms with van der Waals surface area (Å²) in [5, 5.41) is 4.92. The molecule has 0 fully saturated rings. The summed E-state index contributed by atoms with van der Waals surface area (Å²) < 4.78 is 56.3. The highest BCUT2D eigenvalue weighted by Gasteiger charge is 2.61. The number of pyridine rings is 1. The van der Waals surface area contributed by atoms with Gasteiger partial charge >= 0.3 is 12.3 Å². The third-order valence-corrected chi connectivity index (χ3v) is 7.34. The van der Waals surface area contributed by atoms with E-state index in [0.717, 1.165) is 10.1 Å². The van der Waals surface area contributed by atoms with Crippen molar-refractivity contribution in [3.63, 3.8) is 0 Å². The molecule has 1 radical (unpaired) electrons. The molecular weight excluding hydrogens is 658 g/mol. The van der Waals surface area contributed by atoms with Gasteiger partial charge in [0.2, 0.25) is 14.9 Å². The zero-order valence-corrected chi connectivity index (χ0v) is 26.8. The van der Waals surface area contributed by atoms with Crippen LogP contribution >= 0.6 is 22.6 Å². The molecule has 2 rings (SSSR count). The Hall–Kier alpha value is -2.39. The highest BCUT2D eigenvalue weighted by atomic mass is 127. The fourth-order valence-electron chi connectivity index (χ4n) is 4.55. The van der Waals surface area contributed by atoms with Gasteiger partial charge < -0.3 is 19.0 Å². The second kappa shape index (κ2) is 13.5. The lowest BCUT2D eigenvalue weighted by Gasteiger charge is -2.50. The van der Waals surface area contributed by atoms with Gasteiger partial charge in [0.05, 0.1) is 0 Å². The number of halogens is 4. The number of nitrogens with zero attached hydrogens (tertiary/aromatic N) is 1. The first-order valence-corrected chi connectivity index (χ1v) is 16.1. The molecule has 2 aromatic rings. The van der Waals surface area contributed by atoms with E-state index in [4.69, 9.17) is 9.16 Å². The number of amides is 2. The van der Waals surface area contributed by atoms with Gasteiger partial charge in [-0.15, -0.1) is 0 Å². The van der Waals surface area contributed by atoms with Crippen molar-refractivity contribution in [1.29, 1.82) is 0 Å². The molecule has 2 atom stereocenters. The largest absolute Gasteiger partial charge is 0.444 e. The molecule has 2 amide bonds. The molecule has 2 N–H and O–H groups in total. The number of aromatic nitrogens is 1. The van der Waals surface area contributed by atoms with E-state index < -0.39 is 62.3 Å². The monoisotopic (exact) mass is 694 g/mol. The van der Waals surface area contributed by atoms with Crippen molar-refractivity contribution in [2.45, 2.75) is 72.8 Å². The van der Waals surface area contributed by atoms with Crippen molar-refractivity contribution >= 4 is 49.3 Å². The second-order valence-corrected chi connectivity index (χ2v) is 14.3. The van der Waals surface area contributed by atoms with Gasteiger partial charge in [0.15, 0.2) is 0 Å². The Bertz CT molecular complexity index is 1220. The number of ether oxygens (including phenoxy) is 1. The van der Waals surface area contributed by atoms with Crippen molar-refractivity contribution in [2.24, 2.45) is 17.3 Å². The van der Waals surface area contributed by atoms with E-state index >= 15 is 0 Å². The van der Waals surface area contributed by atoms with Gasteiger partial charge in [-0.05, 0) is 52.7 Å². The molecule has 1 aromatic carbocycles. The van der Waals surface area contributed by atoms with Crippen molar-refractivity contribution in [3.05, 3.63) is 62.1 Å². The second-order valence-electron chi connectivity index (χ2n) is 11.0. The quantitative estimate of drug-likeness (QED) is 0.176. The van der Waals surface area contributed by atoms with Crippen molar-refractivity contribution in [1.82, 2.24) is 9.88 Å². The standard InChI is InChI=1S/C27H36F3IN3O5Si/c1-17(2)26(39-40(6)7,23(25(3,4)5)27(28,29)30)33-21(35)15-34-14-19(31)13-20(22(34)36)32-24(37)38-16-18-11-9-8-10-12-18/h8-14,17,23H,15-16H2,1-7H3,(H,32,37)(H,33,35). The van der Waals surface area contributed by atoms with Gasteiger partial charge in [-0.25, -0.2) is 4.79 Å². The molecule has 1 heterocycles. The van der Waals surface area contributed by atoms with Crippen LogP contribution in [0, 0.1) is 20.8 Å². The molecule has 40 heavy (non-hydrogen) atoms. The number of carbonyl (C=O) groups excluding carboxylic acids is 2. The molecule has 0 aliphatic carbocycles. The molecule has 221 valence electrons. The SMILES string of the molecule is CC(C)C(NC(=O)Cn1cc(I)cc(NC(=O)OCc2ccccc2)c1=O)(O[Si](C)C)C(C(C)(C)C)C(F)(F)F. The topological polar surface area (TPSA) is 98.7 Å². The maximum Gasteiger partial charge on any atom is 0.412 e. The lowest BCUT2D eigenvalue weighted by atomic mass is 9.70. The maximum absolute atomic E-state index is 14.5. The number of alkyl halides is 3. The number of nitrogens with one attached hydrogen (secondary N) is 2. The zero-order chi connectivity index (χ0) is 30.5. The molecule has 2 unspecified atom stereocenters. The number of rotatable bonds is 10. The number of carbonyl (C=O) groups is 2. The lowest BCUT2D eigenvalue weighted by molar-refractivity contribution is -0.265. The van der Waals surface area contributed by atoms with Crippen molar-refractivity contribution in [3.8, 4) is 0 Å². The average Bonchev–Trinajstić information content (AvgIpc) is 2.78. The Morgan fingerprint density at radius 2 is 1.70 bits per heavy atom. The first-order chi connectivity index (χ1) is 18.4. The summed E-state index contributed by atoms with van der Waals surface area (Å²) in [6.07, 6.45) is -4.19. The Kier molecular flexibility index (Phi) is 11.4. The van der Waals surface area contributed by atoms with Gasteiger partial charge in [0.25, 0.3) is 5.56 Å². The zero-order valence-electron chi connectivity index (χ0n) is 23.6. The smallest absolute Gasteiger partial charge is 0.412 e. The lowest BCUT2D eigenvalue weighted by Crippen LogP contribution is -2.67. The third-order valence-electron chi connectivity index (χ3n) is 6.00. The van der Waals surface area contributed by atoms with Crippen LogP contribution in [-0.2, 0) is 27.1 Å². The van der Waals surface area contributed by atoms with E-state index in [2.05, 4.69) is 10.6 Å². The minimum atomic E-state index is -4.69. The van der Waals surface area contributed by atoms with Crippen molar-refractivity contribution < 1.29 is 31.9 Å². The molecule has 0 spiro atoms. The van der Waals surface area contributed by atoms with Crippen LogP contribution in [0.5, 0.6) is 0 Å². The summed E-state index contributed by atoms with van der Waals surface area (Å²) in [5.41, 5.74) is -3.49. The minimum Gasteiger partial charge on any atom is -0.444 e. The van der Waals surface area contributed by atoms with Gasteiger partial charge in [-0.2, -0.15) is 13.2 Å². The highest BCUT2D eigenvalue weighted by Crippen LogP contribution is 2.49. The Morgan fingerprint density at radius 1 is 1.10 bits per heavy atom. The molecule has 0 aliphatic rings. The average molecular weight is 695 g/mol. The van der Waals surface area contributed by atoms with Gasteiger partial charge in [0, 0.05) is 15.7 Å². The number of benzene rings is 1. The van der Waals surface area contributed by atoms with E-state index in [1.165, 1.54) is 33.0 Å². The van der Waals surface area contributed by atoms with Gasteiger partial charge in [-0.3, -0.25) is 14.9 Å². The fraction of sp³-hybridized carbons (Fsp3) is 0.519. The molecular formula is C27H36F3IN3O5Si. The Balaban J connectivity index is 2.35. The fourth-order valence-corrected chi connectivity index (χ4v) is 6.28. The number of hydrogen-bond donors (Lipinski definition) is 2. The first kappa shape index (κ1) is 33.8. The molecule has 0 aliphatic heterocycles. The van der Waals surface area contributed by atoms with Crippen LogP contribution in [0.3, 0.4) is 0 Å². The van der Waals surface area contributed by atoms with Crippen LogP contribution in [0.15, 0.2) is 47.4 Å². The van der Waals surface area contributed by atoms with Crippen LogP contribution in [0.4, 0.5) is 23.7 Å². The van der Waals surface area contributed by atoms with E-state index in [1.807, 2.05) is 28.7 Å². The first-order valence-electron chi connectivity index (χ1n) is 12.6. The Labute approximate surface area is 247 Å². The van der Waals surface area contributed by atoms with E-state index in [0.29, 0.717) is 3.57 Å². The summed E-state index contributed by atoms with van der Waals surface area (Å²) in [6.45, 7) is 10.3. The summed E-state index contributed by atoms with van der Waals surface area (Å²) in [6, 6.07) is 10.4. The van der Waals surface area contributed by atoms with Crippen LogP contribution in [-0.4, -0.2) is 37.5 Å². The minimum absolute atomic E-state index is 0.0170. The molecule has 0 saturated heterocycles. The summed E-state index contributed by atoms with van der Waals surface area (Å²) in [4.78, 5) is 38.7. The normalized spacial score (nSPS) is 14.5. The maximum atomic E-state index is 14.5. The van der Waals surface area contributed by atoms with E-state index in [9.17, 15) is 27.6 Å². The highest BCUT2D eigenvalue weighted by molar-refractivity contribution is 14.1. The number of hydrogen-bond acceptors (Lipinski definition) is 5. The van der Waals surface area contributed by atoms with Crippen LogP contribution in [0.1, 0.15) is 40.2 Å². The van der Waals surface area contributed by atoms with Gasteiger partial charge in [0.1, 0.15) is 30.5 Å². The van der Waals surface area contributed by atoms with Gasteiger partial charge in [-0.1, -0.05) is 65.0 Å². The van der Waals surface area contributed by atoms with Crippen LogP contribution in [0.2, 0.25) is 13.1 Å². The summed E-state index contributed by atoms with van der Waals surface area (Å²) >= 11 is 1.91. The van der Waals surface area contributed by atoms with Crippen molar-refractivity contribution in [2.75, 3.05) is 5.32 Å². The molecule has 8 nitrogen and oxygen atoms in total. The van der Waals surface area contributed by atoms with E-state index in [1.54, 1.807) is 51.2 Å². The summed E-state index contributed by atoms with van der Waals surface area (Å²) in [5.74, 6) is -3.64. The van der Waals surface area contributed by atoms with Crippen LogP contribution in [0.25, 0.3) is 0 Å². The summed E-state index contributed by atoms with van der Waals surface area (Å²) in [7, 11) is -1.72. The predicted octanol–water partition coefficient (Wildman–Crippen LogP) is 6.16. The molecule has 0 saturated carbocycles. The number of anilines is 1. The predicted molar refractivity (Wildman–Crippen MR) is 157 cm³/mol.